The Bertz CT molecular complexity index is 466. The van der Waals surface area contributed by atoms with Crippen LogP contribution in [0.25, 0.3) is 0 Å². The summed E-state index contributed by atoms with van der Waals surface area (Å²) in [6, 6.07) is 0. The second-order valence-electron chi connectivity index (χ2n) is 10.3. The number of carbonyl (C=O) groups is 2. The van der Waals surface area contributed by atoms with Crippen LogP contribution in [0.5, 0.6) is 0 Å². The molecule has 0 bridgehead atoms. The van der Waals surface area contributed by atoms with Gasteiger partial charge in [-0.05, 0) is 48.8 Å². The third-order valence-corrected chi connectivity index (χ3v) is 6.41. The summed E-state index contributed by atoms with van der Waals surface area (Å²) in [6.45, 7) is 12.8. The van der Waals surface area contributed by atoms with E-state index in [1.807, 2.05) is 0 Å². The molecule has 0 radical (unpaired) electrons. The quantitative estimate of drug-likeness (QED) is 0.448. The Kier molecular flexibility index (Phi) is 14.8. The van der Waals surface area contributed by atoms with Gasteiger partial charge in [-0.25, -0.2) is 9.78 Å². The highest BCUT2D eigenvalue weighted by atomic mass is 17.1. The summed E-state index contributed by atoms with van der Waals surface area (Å²) in [5, 5.41) is 51.3. The van der Waals surface area contributed by atoms with Crippen LogP contribution < -0.4 is 20.4 Å². The fraction of sp³-hybridized carbons (Fsp3) is 0.909. The normalized spacial score (nSPS) is 19.5. The zero-order chi connectivity index (χ0) is 25.6. The van der Waals surface area contributed by atoms with Gasteiger partial charge in [-0.1, -0.05) is 80.1 Å². The van der Waals surface area contributed by atoms with Crippen molar-refractivity contribution in [3.63, 3.8) is 0 Å². The Morgan fingerprint density at radius 3 is 0.875 bits per heavy atom. The molecule has 0 spiro atoms. The number of hydrogen-bond acceptors (Lipinski definition) is 10. The molecule has 0 unspecified atom stereocenters. The number of hydrogen-bond donors (Lipinski definition) is 2. The van der Waals surface area contributed by atoms with Crippen molar-refractivity contribution >= 4 is 12.3 Å². The highest BCUT2D eigenvalue weighted by Crippen LogP contribution is 2.45. The summed E-state index contributed by atoms with van der Waals surface area (Å²) in [4.78, 5) is 26.2. The molecule has 32 heavy (non-hydrogen) atoms. The van der Waals surface area contributed by atoms with E-state index in [1.54, 1.807) is 0 Å². The molecule has 2 N–H and O–H groups in total. The molecule has 192 valence electrons. The molecule has 0 aliphatic heterocycles. The molecule has 2 saturated carbocycles. The zero-order valence-corrected chi connectivity index (χ0v) is 20.2. The molecule has 0 heterocycles. The van der Waals surface area contributed by atoms with Gasteiger partial charge in [0.1, 0.15) is 11.2 Å². The van der Waals surface area contributed by atoms with Crippen LogP contribution in [0.1, 0.15) is 106 Å². The second kappa shape index (κ2) is 14.5. The molecule has 2 aliphatic rings. The summed E-state index contributed by atoms with van der Waals surface area (Å²) in [7, 11) is 0. The first-order valence-corrected chi connectivity index (χ1v) is 10.9. The minimum atomic E-state index is -2.33. The van der Waals surface area contributed by atoms with Gasteiger partial charge >= 0.3 is 0 Å². The van der Waals surface area contributed by atoms with Crippen molar-refractivity contribution in [2.75, 3.05) is 0 Å². The van der Waals surface area contributed by atoms with E-state index in [-0.39, 0.29) is 22.0 Å². The van der Waals surface area contributed by atoms with Crippen molar-refractivity contribution < 1.29 is 50.3 Å². The van der Waals surface area contributed by atoms with Crippen LogP contribution in [0.15, 0.2) is 0 Å². The average Bonchev–Trinajstić information content (AvgIpc) is 2.67. The fourth-order valence-corrected chi connectivity index (χ4v) is 4.20. The van der Waals surface area contributed by atoms with Gasteiger partial charge in [-0.3, -0.25) is 10.5 Å². The van der Waals surface area contributed by atoms with Gasteiger partial charge in [-0.15, -0.1) is 0 Å². The molecular weight excluding hydrogens is 424 g/mol. The van der Waals surface area contributed by atoms with E-state index < -0.39 is 12.3 Å². The first-order valence-electron chi connectivity index (χ1n) is 10.9. The Morgan fingerprint density at radius 1 is 0.594 bits per heavy atom. The lowest BCUT2D eigenvalue weighted by Crippen LogP contribution is -2.46. The van der Waals surface area contributed by atoms with Crippen LogP contribution in [0, 0.1) is 10.8 Å². The lowest BCUT2D eigenvalue weighted by Gasteiger charge is -2.44. The minimum Gasteiger partial charge on any atom is -0.652 e. The Morgan fingerprint density at radius 2 is 0.781 bits per heavy atom. The topological polar surface area (TPSA) is 185 Å². The molecule has 0 atom stereocenters. The maximum atomic E-state index is 8.98. The summed E-state index contributed by atoms with van der Waals surface area (Å²) >= 11 is 0. The molecule has 0 saturated heterocycles. The van der Waals surface area contributed by atoms with Gasteiger partial charge in [0.05, 0.1) is 0 Å². The maximum absolute atomic E-state index is 8.98. The van der Waals surface area contributed by atoms with E-state index in [9.17, 15) is 0 Å². The van der Waals surface area contributed by atoms with Crippen LogP contribution in [0.4, 0.5) is 9.59 Å². The van der Waals surface area contributed by atoms with Gasteiger partial charge in [0.2, 0.25) is 0 Å². The predicted octanol–water partition coefficient (Wildman–Crippen LogP) is 1.56. The maximum Gasteiger partial charge on any atom is 0.108 e. The average molecular weight is 465 g/mol. The van der Waals surface area contributed by atoms with E-state index in [0.29, 0.717) is 0 Å². The summed E-state index contributed by atoms with van der Waals surface area (Å²) in [6.07, 6.45) is 6.58. The van der Waals surface area contributed by atoms with Crippen molar-refractivity contribution in [2.45, 2.75) is 117 Å². The van der Waals surface area contributed by atoms with Crippen LogP contribution >= 0.6 is 0 Å². The first-order chi connectivity index (χ1) is 14.5. The molecule has 2 fully saturated rings. The van der Waals surface area contributed by atoms with Gasteiger partial charge in [0.25, 0.3) is 0 Å². The molecular formula is C22H40O10-4. The Balaban J connectivity index is 0. The van der Waals surface area contributed by atoms with E-state index in [2.05, 4.69) is 41.5 Å². The standard InChI is InChI=1S/2C10H20O2.2CH2O3/c2*1-9(2,3)10(12-11)7-5-4-6-8-10;2*2-1(3)4/h2*11H,4-8H2,1-3H3;2*(H2,2,3,4)/p-4. The fourth-order valence-electron chi connectivity index (χ4n) is 4.20. The van der Waals surface area contributed by atoms with Crippen LogP contribution in [0.3, 0.4) is 0 Å². The molecule has 0 aromatic heterocycles. The summed E-state index contributed by atoms with van der Waals surface area (Å²) in [5.74, 6) is 0. The van der Waals surface area contributed by atoms with Gasteiger partial charge in [-0.2, -0.15) is 0 Å². The molecule has 0 amide bonds. The molecule has 0 aromatic rings. The zero-order valence-electron chi connectivity index (χ0n) is 20.2. The van der Waals surface area contributed by atoms with Gasteiger partial charge in [0, 0.05) is 0 Å². The molecule has 10 heteroatoms. The lowest BCUT2D eigenvalue weighted by molar-refractivity contribution is -0.417. The monoisotopic (exact) mass is 464 g/mol. The number of rotatable bonds is 2. The Labute approximate surface area is 191 Å². The molecule has 10 nitrogen and oxygen atoms in total. The smallest absolute Gasteiger partial charge is 0.108 e. The third-order valence-electron chi connectivity index (χ3n) is 6.41. The Hall–Kier alpha value is -1.62. The highest BCUT2D eigenvalue weighted by molar-refractivity contribution is 5.47. The molecule has 2 rings (SSSR count). The van der Waals surface area contributed by atoms with E-state index >= 15 is 0 Å². The van der Waals surface area contributed by atoms with Crippen LogP contribution in [-0.2, 0) is 9.78 Å². The first kappa shape index (κ1) is 32.6. The van der Waals surface area contributed by atoms with Crippen molar-refractivity contribution in [3.05, 3.63) is 0 Å². The molecule has 2 aliphatic carbocycles. The number of carboxylic acid groups (broad SMARTS) is 4. The van der Waals surface area contributed by atoms with Crippen molar-refractivity contribution in [3.8, 4) is 0 Å². The van der Waals surface area contributed by atoms with Gasteiger partial charge in [0.15, 0.2) is 0 Å². The lowest BCUT2D eigenvalue weighted by atomic mass is 9.68. The largest absolute Gasteiger partial charge is 0.652 e. The van der Waals surface area contributed by atoms with E-state index in [4.69, 9.17) is 50.3 Å². The second-order valence-corrected chi connectivity index (χ2v) is 10.3. The highest BCUT2D eigenvalue weighted by Gasteiger charge is 2.45. The van der Waals surface area contributed by atoms with E-state index in [0.717, 1.165) is 25.7 Å². The van der Waals surface area contributed by atoms with Crippen molar-refractivity contribution in [1.82, 2.24) is 0 Å². The SMILES string of the molecule is CC(C)(C)C1(OO)CCCCC1.CC(C)(C)C1(OO)CCCCC1.O=C([O-])[O-].O=C([O-])[O-]. The van der Waals surface area contributed by atoms with Crippen molar-refractivity contribution in [2.24, 2.45) is 10.8 Å². The van der Waals surface area contributed by atoms with Gasteiger partial charge < -0.3 is 30.0 Å². The van der Waals surface area contributed by atoms with Crippen molar-refractivity contribution in [1.29, 1.82) is 0 Å². The summed E-state index contributed by atoms with van der Waals surface area (Å²) in [5.41, 5.74) is -0.485. The third kappa shape index (κ3) is 11.8. The number of carbonyl (C=O) groups excluding carboxylic acids is 2. The summed E-state index contributed by atoms with van der Waals surface area (Å²) < 4.78 is 0. The van der Waals surface area contributed by atoms with Crippen LogP contribution in [0.2, 0.25) is 0 Å². The van der Waals surface area contributed by atoms with Crippen LogP contribution in [-0.4, -0.2) is 34.0 Å². The predicted molar refractivity (Wildman–Crippen MR) is 109 cm³/mol. The van der Waals surface area contributed by atoms with E-state index in [1.165, 1.54) is 38.5 Å². The molecule has 0 aromatic carbocycles. The minimum absolute atomic E-state index is 0.0438.